The van der Waals surface area contributed by atoms with Gasteiger partial charge in [-0.15, -0.1) is 0 Å². The van der Waals surface area contributed by atoms with Crippen molar-refractivity contribution >= 4 is 54.0 Å². The van der Waals surface area contributed by atoms with Crippen LogP contribution < -0.4 is 0 Å². The molecule has 0 fully saturated rings. The number of rotatable bonds is 3. The third kappa shape index (κ3) is 4.90. The number of aromatic nitrogens is 1. The summed E-state index contributed by atoms with van der Waals surface area (Å²) in [4.78, 5) is 0. The van der Waals surface area contributed by atoms with Crippen molar-refractivity contribution in [3.63, 3.8) is 0 Å². The lowest BCUT2D eigenvalue weighted by molar-refractivity contribution is 0.593. The molecule has 0 saturated carbocycles. The molecule has 0 amide bonds. The zero-order valence-electron chi connectivity index (χ0n) is 30.4. The topological polar surface area (TPSA) is 4.93 Å². The van der Waals surface area contributed by atoms with E-state index in [1.165, 1.54) is 93.2 Å². The normalized spacial score (nSPS) is 12.5. The van der Waals surface area contributed by atoms with E-state index in [-0.39, 0.29) is 10.8 Å². The van der Waals surface area contributed by atoms with E-state index in [1.54, 1.807) is 0 Å². The Morgan fingerprint density at radius 3 is 1.43 bits per heavy atom. The molecule has 1 nitrogen and oxygen atoms in total. The van der Waals surface area contributed by atoms with Gasteiger partial charge in [-0.3, -0.25) is 0 Å². The molecule has 9 rings (SSSR count). The van der Waals surface area contributed by atoms with E-state index in [0.717, 1.165) is 0 Å². The van der Waals surface area contributed by atoms with Crippen molar-refractivity contribution in [2.45, 2.75) is 52.4 Å². The first-order valence-electron chi connectivity index (χ1n) is 18.2. The first-order valence-corrected chi connectivity index (χ1v) is 18.2. The summed E-state index contributed by atoms with van der Waals surface area (Å²) in [6.45, 7) is 14.2. The minimum atomic E-state index is -0.0838. The van der Waals surface area contributed by atoms with Gasteiger partial charge >= 0.3 is 0 Å². The number of fused-ring (bicyclic) bond motifs is 6. The molecule has 0 bridgehead atoms. The number of hydrogen-bond acceptors (Lipinski definition) is 0. The quantitative estimate of drug-likeness (QED) is 0.132. The van der Waals surface area contributed by atoms with E-state index in [1.807, 2.05) is 0 Å². The minimum absolute atomic E-state index is 0.0752. The summed E-state index contributed by atoms with van der Waals surface area (Å²) in [5.41, 5.74) is 9.98. The predicted molar refractivity (Wildman–Crippen MR) is 222 cm³/mol. The van der Waals surface area contributed by atoms with Gasteiger partial charge in [0.05, 0.1) is 16.9 Å². The van der Waals surface area contributed by atoms with Crippen molar-refractivity contribution in [2.75, 3.05) is 0 Å². The van der Waals surface area contributed by atoms with Gasteiger partial charge in [0.25, 0.3) is 0 Å². The van der Waals surface area contributed by atoms with E-state index >= 15 is 0 Å². The van der Waals surface area contributed by atoms with E-state index in [4.69, 9.17) is 0 Å². The molecule has 0 saturated heterocycles. The van der Waals surface area contributed by atoms with Gasteiger partial charge in [-0.05, 0) is 89.0 Å². The highest BCUT2D eigenvalue weighted by atomic mass is 15.0. The number of benzene rings is 8. The molecule has 0 radical (unpaired) electrons. The van der Waals surface area contributed by atoms with Crippen molar-refractivity contribution in [3.8, 4) is 28.1 Å². The summed E-state index contributed by atoms with van der Waals surface area (Å²) in [7, 11) is 0. The Morgan fingerprint density at radius 1 is 0.373 bits per heavy atom. The molecule has 0 aliphatic heterocycles. The zero-order valence-corrected chi connectivity index (χ0v) is 30.4. The van der Waals surface area contributed by atoms with Gasteiger partial charge in [0.2, 0.25) is 0 Å². The lowest BCUT2D eigenvalue weighted by atomic mass is 9.74. The van der Waals surface area contributed by atoms with Crippen LogP contribution in [0.5, 0.6) is 0 Å². The lowest BCUT2D eigenvalue weighted by Gasteiger charge is -2.30. The monoisotopic (exact) mass is 657 g/mol. The van der Waals surface area contributed by atoms with Gasteiger partial charge in [0, 0.05) is 16.3 Å². The highest BCUT2D eigenvalue weighted by molar-refractivity contribution is 6.18. The molecule has 1 aromatic heterocycles. The molecular formula is C50H43N. The predicted octanol–water partition coefficient (Wildman–Crippen LogP) is 14.2. The first kappa shape index (κ1) is 31.3. The fourth-order valence-electron chi connectivity index (χ4n) is 8.81. The lowest BCUT2D eigenvalue weighted by Crippen LogP contribution is -2.17. The SMILES string of the molecule is CC(C)(C)c1c2ccccc2c(C(C)(C)C)c2cc3c(cc12)c(-c1ccccc1)c(-c1ccccc1)n3-c1cc2ccccc2c2ccccc12. The van der Waals surface area contributed by atoms with Crippen LogP contribution in [0.3, 0.4) is 0 Å². The molecule has 0 aliphatic rings. The average molecular weight is 658 g/mol. The maximum absolute atomic E-state index is 2.58. The Kier molecular flexibility index (Phi) is 7.03. The van der Waals surface area contributed by atoms with Crippen molar-refractivity contribution in [2.24, 2.45) is 0 Å². The van der Waals surface area contributed by atoms with E-state index in [9.17, 15) is 0 Å². The standard InChI is InChI=1S/C50H43N/c1-49(2,3)46-38-27-17-18-28-39(38)47(50(4,5)6)41-31-44-42(30-40(41)46)45(32-19-9-7-10-20-32)48(33-21-11-8-12-22-33)51(44)43-29-34-23-13-14-24-35(34)36-25-15-16-26-37(36)43/h7-31H,1-6H3. The second-order valence-corrected chi connectivity index (χ2v) is 16.2. The Hall–Kier alpha value is -5.66. The van der Waals surface area contributed by atoms with Crippen molar-refractivity contribution in [1.29, 1.82) is 0 Å². The van der Waals surface area contributed by atoms with Crippen LogP contribution in [-0.4, -0.2) is 4.57 Å². The van der Waals surface area contributed by atoms with Crippen LogP contribution in [0.4, 0.5) is 0 Å². The molecule has 0 aliphatic carbocycles. The first-order chi connectivity index (χ1) is 24.6. The van der Waals surface area contributed by atoms with Crippen LogP contribution >= 0.6 is 0 Å². The molecule has 51 heavy (non-hydrogen) atoms. The summed E-state index contributed by atoms with van der Waals surface area (Å²) in [6, 6.07) is 56.4. The van der Waals surface area contributed by atoms with Crippen LogP contribution in [0.25, 0.3) is 82.1 Å². The summed E-state index contributed by atoms with van der Waals surface area (Å²) in [5, 5.41) is 11.7. The summed E-state index contributed by atoms with van der Waals surface area (Å²) in [5.74, 6) is 0. The Morgan fingerprint density at radius 2 is 0.843 bits per heavy atom. The molecule has 9 aromatic rings. The molecule has 0 atom stereocenters. The van der Waals surface area contributed by atoms with E-state index in [2.05, 4.69) is 198 Å². The minimum Gasteiger partial charge on any atom is -0.308 e. The van der Waals surface area contributed by atoms with Gasteiger partial charge in [-0.25, -0.2) is 0 Å². The fourth-order valence-corrected chi connectivity index (χ4v) is 8.81. The van der Waals surface area contributed by atoms with Crippen molar-refractivity contribution in [3.05, 3.63) is 163 Å². The second-order valence-electron chi connectivity index (χ2n) is 16.2. The van der Waals surface area contributed by atoms with Crippen LogP contribution in [0.1, 0.15) is 52.7 Å². The van der Waals surface area contributed by atoms with Crippen molar-refractivity contribution in [1.82, 2.24) is 4.57 Å². The molecule has 0 N–H and O–H groups in total. The molecule has 0 unspecified atom stereocenters. The third-order valence-corrected chi connectivity index (χ3v) is 10.7. The molecular weight excluding hydrogens is 615 g/mol. The number of hydrogen-bond donors (Lipinski definition) is 0. The van der Waals surface area contributed by atoms with Gasteiger partial charge in [0.15, 0.2) is 0 Å². The maximum Gasteiger partial charge on any atom is 0.0619 e. The van der Waals surface area contributed by atoms with Gasteiger partial charge in [0.1, 0.15) is 0 Å². The summed E-state index contributed by atoms with van der Waals surface area (Å²) < 4.78 is 2.58. The van der Waals surface area contributed by atoms with Crippen molar-refractivity contribution < 1.29 is 0 Å². The molecule has 1 heteroatoms. The van der Waals surface area contributed by atoms with Crippen LogP contribution in [0.2, 0.25) is 0 Å². The number of nitrogens with zero attached hydrogens (tertiary/aromatic N) is 1. The highest BCUT2D eigenvalue weighted by Crippen LogP contribution is 2.50. The Bertz CT molecular complexity index is 2790. The second kappa shape index (κ2) is 11.4. The molecule has 248 valence electrons. The highest BCUT2D eigenvalue weighted by Gasteiger charge is 2.30. The third-order valence-electron chi connectivity index (χ3n) is 10.7. The average Bonchev–Trinajstić information content (AvgIpc) is 3.46. The fraction of sp³-hybridized carbons (Fsp3) is 0.160. The zero-order chi connectivity index (χ0) is 35.1. The Balaban J connectivity index is 1.59. The largest absolute Gasteiger partial charge is 0.308 e. The van der Waals surface area contributed by atoms with Gasteiger partial charge in [-0.2, -0.15) is 0 Å². The van der Waals surface area contributed by atoms with E-state index < -0.39 is 0 Å². The van der Waals surface area contributed by atoms with Crippen LogP contribution in [-0.2, 0) is 10.8 Å². The molecule has 8 aromatic carbocycles. The smallest absolute Gasteiger partial charge is 0.0619 e. The summed E-state index contributed by atoms with van der Waals surface area (Å²) in [6.07, 6.45) is 0. The molecule has 1 heterocycles. The van der Waals surface area contributed by atoms with Crippen LogP contribution in [0, 0.1) is 0 Å². The Labute approximate surface area is 300 Å². The maximum atomic E-state index is 2.58. The molecule has 0 spiro atoms. The van der Waals surface area contributed by atoms with Gasteiger partial charge < -0.3 is 4.57 Å². The summed E-state index contributed by atoms with van der Waals surface area (Å²) >= 11 is 0. The van der Waals surface area contributed by atoms with Crippen LogP contribution in [0.15, 0.2) is 152 Å². The van der Waals surface area contributed by atoms with E-state index in [0.29, 0.717) is 0 Å². The van der Waals surface area contributed by atoms with Gasteiger partial charge in [-0.1, -0.05) is 175 Å².